The zero-order valence-corrected chi connectivity index (χ0v) is 16.0. The van der Waals surface area contributed by atoms with Crippen LogP contribution in [0, 0.1) is 0 Å². The molecule has 0 saturated carbocycles. The average molecular weight is 393 g/mol. The highest BCUT2D eigenvalue weighted by Crippen LogP contribution is 2.51. The first kappa shape index (κ1) is 17.9. The summed E-state index contributed by atoms with van der Waals surface area (Å²) >= 11 is 17.0. The lowest BCUT2D eigenvalue weighted by Gasteiger charge is -2.32. The minimum atomic E-state index is -1.74. The summed E-state index contributed by atoms with van der Waals surface area (Å²) in [5.74, 6) is -0.218. The third-order valence-electron chi connectivity index (χ3n) is 4.97. The Morgan fingerprint density at radius 3 is 2.83 bits per heavy atom. The summed E-state index contributed by atoms with van der Waals surface area (Å²) < 4.78 is 3.15. The van der Waals surface area contributed by atoms with Crippen LogP contribution in [-0.4, -0.2) is 48.2 Å². The van der Waals surface area contributed by atoms with E-state index in [1.807, 2.05) is 18.2 Å². The Morgan fingerprint density at radius 2 is 2.17 bits per heavy atom. The predicted octanol–water partition coefficient (Wildman–Crippen LogP) is 3.97. The first-order valence-corrected chi connectivity index (χ1v) is 8.98. The van der Waals surface area contributed by atoms with E-state index in [-0.39, 0.29) is 11.3 Å². The quantitative estimate of drug-likeness (QED) is 0.791. The number of ether oxygens (including phenoxy) is 1. The summed E-state index contributed by atoms with van der Waals surface area (Å²) in [4.78, 5) is 16.6. The van der Waals surface area contributed by atoms with Crippen molar-refractivity contribution >= 4 is 52.3 Å². The van der Waals surface area contributed by atoms with Gasteiger partial charge in [0.05, 0.1) is 12.0 Å². The van der Waals surface area contributed by atoms with Gasteiger partial charge in [-0.3, -0.25) is 10.2 Å². The normalized spacial score (nSPS) is 26.2. The van der Waals surface area contributed by atoms with Crippen molar-refractivity contribution < 1.29 is 9.53 Å². The van der Waals surface area contributed by atoms with Gasteiger partial charge >= 0.3 is 6.09 Å². The van der Waals surface area contributed by atoms with Crippen LogP contribution in [0.15, 0.2) is 18.2 Å². The molecule has 1 saturated heterocycles. The van der Waals surface area contributed by atoms with E-state index in [2.05, 4.69) is 36.1 Å². The Hall–Kier alpha value is -0.880. The maximum Gasteiger partial charge on any atom is 0.414 e. The number of likely N-dealkylation sites (N-methyl/N-ethyl adjacent to an activating group) is 2. The summed E-state index contributed by atoms with van der Waals surface area (Å²) in [5.41, 5.74) is 3.07. The van der Waals surface area contributed by atoms with Gasteiger partial charge < -0.3 is 9.64 Å². The number of hydrogen-bond donors (Lipinski definition) is 1. The van der Waals surface area contributed by atoms with Gasteiger partial charge in [0.1, 0.15) is 0 Å². The third-order valence-corrected chi connectivity index (χ3v) is 6.05. The molecule has 2 heterocycles. The third kappa shape index (κ3) is 2.92. The number of carbonyl (C=O) groups excluding carboxylic acids is 1. The van der Waals surface area contributed by atoms with Crippen LogP contribution in [0.4, 0.5) is 16.2 Å². The van der Waals surface area contributed by atoms with E-state index < -0.39 is 10.6 Å². The smallest absolute Gasteiger partial charge is 0.411 e. The predicted molar refractivity (Wildman–Crippen MR) is 98.5 cm³/mol. The van der Waals surface area contributed by atoms with E-state index in [0.717, 1.165) is 13.0 Å². The molecular formula is C16H20Cl3N3O2. The highest BCUT2D eigenvalue weighted by atomic mass is 35.5. The van der Waals surface area contributed by atoms with Gasteiger partial charge in [-0.1, -0.05) is 30.1 Å². The summed E-state index contributed by atoms with van der Waals surface area (Å²) in [5, 5.41) is 2.66. The SMILES string of the molecule is CN1CCC2(C)c3cc(NC(=O)OC(Cl)(Cl)CCl)ccc3N(C)C12. The van der Waals surface area contributed by atoms with Crippen LogP contribution < -0.4 is 10.2 Å². The average Bonchev–Trinajstić information content (AvgIpc) is 2.92. The number of anilines is 2. The molecule has 3 rings (SSSR count). The second-order valence-electron chi connectivity index (χ2n) is 6.65. The molecule has 0 aliphatic carbocycles. The Balaban J connectivity index is 1.83. The minimum absolute atomic E-state index is 0.0271. The van der Waals surface area contributed by atoms with Crippen molar-refractivity contribution in [3.05, 3.63) is 23.8 Å². The molecule has 0 spiro atoms. The molecule has 132 valence electrons. The molecule has 1 aromatic rings. The molecule has 2 aliphatic rings. The number of halogens is 3. The summed E-state index contributed by atoms with van der Waals surface area (Å²) in [7, 11) is 4.25. The number of carbonyl (C=O) groups is 1. The van der Waals surface area contributed by atoms with Crippen molar-refractivity contribution in [2.45, 2.75) is 29.4 Å². The monoisotopic (exact) mass is 391 g/mol. The van der Waals surface area contributed by atoms with Gasteiger partial charge in [-0.25, -0.2) is 4.79 Å². The lowest BCUT2D eigenvalue weighted by atomic mass is 9.81. The molecule has 1 aromatic carbocycles. The Labute approximate surface area is 156 Å². The largest absolute Gasteiger partial charge is 0.414 e. The van der Waals surface area contributed by atoms with E-state index in [1.54, 1.807) is 0 Å². The van der Waals surface area contributed by atoms with Gasteiger partial charge in [0.15, 0.2) is 0 Å². The highest BCUT2D eigenvalue weighted by molar-refractivity contribution is 6.50. The summed E-state index contributed by atoms with van der Waals surface area (Å²) in [6.45, 7) is 3.31. The zero-order chi connectivity index (χ0) is 17.7. The van der Waals surface area contributed by atoms with Crippen molar-refractivity contribution in [2.75, 3.05) is 36.7 Å². The molecule has 8 heteroatoms. The molecule has 1 amide bonds. The highest BCUT2D eigenvalue weighted by Gasteiger charge is 2.52. The van der Waals surface area contributed by atoms with Gasteiger partial charge in [-0.05, 0) is 37.2 Å². The molecule has 2 aliphatic heterocycles. The fourth-order valence-corrected chi connectivity index (χ4v) is 4.15. The molecule has 1 N–H and O–H groups in total. The van der Waals surface area contributed by atoms with Crippen molar-refractivity contribution in [3.8, 4) is 0 Å². The van der Waals surface area contributed by atoms with Gasteiger partial charge in [-0.15, -0.1) is 11.6 Å². The van der Waals surface area contributed by atoms with Crippen LogP contribution in [0.5, 0.6) is 0 Å². The van der Waals surface area contributed by atoms with E-state index in [0.29, 0.717) is 11.9 Å². The van der Waals surface area contributed by atoms with Gasteiger partial charge in [-0.2, -0.15) is 0 Å². The number of likely N-dealkylation sites (tertiary alicyclic amines) is 1. The van der Waals surface area contributed by atoms with E-state index in [9.17, 15) is 4.79 Å². The number of nitrogens with zero attached hydrogens (tertiary/aromatic N) is 2. The second kappa shape index (κ2) is 6.13. The molecule has 0 bridgehead atoms. The van der Waals surface area contributed by atoms with Crippen LogP contribution in [0.2, 0.25) is 0 Å². The number of amides is 1. The number of hydrogen-bond acceptors (Lipinski definition) is 4. The fourth-order valence-electron chi connectivity index (χ4n) is 3.96. The number of alkyl halides is 3. The Kier molecular flexibility index (Phi) is 4.58. The van der Waals surface area contributed by atoms with Crippen LogP contribution in [-0.2, 0) is 10.2 Å². The van der Waals surface area contributed by atoms with Crippen LogP contribution in [0.1, 0.15) is 18.9 Å². The molecule has 2 unspecified atom stereocenters. The second-order valence-corrected chi connectivity index (χ2v) is 8.33. The number of fused-ring (bicyclic) bond motifs is 3. The topological polar surface area (TPSA) is 44.8 Å². The van der Waals surface area contributed by atoms with E-state index >= 15 is 0 Å². The number of benzene rings is 1. The molecular weight excluding hydrogens is 373 g/mol. The fraction of sp³-hybridized carbons (Fsp3) is 0.562. The van der Waals surface area contributed by atoms with Crippen molar-refractivity contribution in [1.82, 2.24) is 4.90 Å². The van der Waals surface area contributed by atoms with E-state index in [1.165, 1.54) is 11.3 Å². The molecule has 24 heavy (non-hydrogen) atoms. The van der Waals surface area contributed by atoms with Crippen LogP contribution in [0.25, 0.3) is 0 Å². The Bertz CT molecular complexity index is 670. The van der Waals surface area contributed by atoms with Crippen molar-refractivity contribution in [1.29, 1.82) is 0 Å². The maximum absolute atomic E-state index is 11.9. The van der Waals surface area contributed by atoms with Crippen LogP contribution in [0.3, 0.4) is 0 Å². The van der Waals surface area contributed by atoms with E-state index in [4.69, 9.17) is 39.5 Å². The maximum atomic E-state index is 11.9. The molecule has 2 atom stereocenters. The number of nitrogens with one attached hydrogen (secondary N) is 1. The van der Waals surface area contributed by atoms with Crippen LogP contribution >= 0.6 is 34.8 Å². The lowest BCUT2D eigenvalue weighted by molar-refractivity contribution is 0.139. The van der Waals surface area contributed by atoms with Gasteiger partial charge in [0, 0.05) is 30.4 Å². The number of rotatable bonds is 3. The first-order chi connectivity index (χ1) is 11.2. The van der Waals surface area contributed by atoms with Crippen molar-refractivity contribution in [3.63, 3.8) is 0 Å². The zero-order valence-electron chi connectivity index (χ0n) is 13.8. The molecule has 1 fully saturated rings. The summed E-state index contributed by atoms with van der Waals surface area (Å²) in [6.07, 6.45) is 0.652. The standard InChI is InChI=1S/C16H20Cl3N3O2/c1-15-6-7-21(2)13(15)22(3)12-5-4-10(8-11(12)15)20-14(23)24-16(18,19)9-17/h4-5,8,13H,6-7,9H2,1-3H3,(H,20,23). The molecule has 0 radical (unpaired) electrons. The lowest BCUT2D eigenvalue weighted by Crippen LogP contribution is -2.45. The summed E-state index contributed by atoms with van der Waals surface area (Å²) in [6, 6.07) is 5.85. The van der Waals surface area contributed by atoms with Crippen molar-refractivity contribution in [2.24, 2.45) is 0 Å². The molecule has 0 aromatic heterocycles. The Morgan fingerprint density at radius 1 is 1.46 bits per heavy atom. The first-order valence-electron chi connectivity index (χ1n) is 7.69. The van der Waals surface area contributed by atoms with Gasteiger partial charge in [0.2, 0.25) is 0 Å². The molecule has 5 nitrogen and oxygen atoms in total. The van der Waals surface area contributed by atoms with Gasteiger partial charge in [0.25, 0.3) is 4.52 Å². The minimum Gasteiger partial charge on any atom is -0.411 e.